The molecule has 1 aromatic carbocycles. The van der Waals surface area contributed by atoms with E-state index in [1.165, 1.54) is 0 Å². The molecule has 6 heteroatoms. The molecule has 0 aromatic heterocycles. The number of hydrogen-bond acceptors (Lipinski definition) is 4. The van der Waals surface area contributed by atoms with Crippen LogP contribution in [0.15, 0.2) is 12.1 Å². The number of carbonyl (C=O) groups excluding carboxylic acids is 1. The van der Waals surface area contributed by atoms with Crippen molar-refractivity contribution in [2.24, 2.45) is 5.73 Å². The molecule has 108 valence electrons. The summed E-state index contributed by atoms with van der Waals surface area (Å²) < 4.78 is 5.98. The Labute approximate surface area is 123 Å². The van der Waals surface area contributed by atoms with Crippen LogP contribution in [-0.2, 0) is 4.79 Å². The molecule has 0 aliphatic carbocycles. The summed E-state index contributed by atoms with van der Waals surface area (Å²) in [5.41, 5.74) is 7.23. The number of rotatable bonds is 2. The summed E-state index contributed by atoms with van der Waals surface area (Å²) >= 11 is 6.24. The molecule has 2 aliphatic heterocycles. The summed E-state index contributed by atoms with van der Waals surface area (Å²) in [6.45, 7) is 2.05. The van der Waals surface area contributed by atoms with E-state index in [1.807, 2.05) is 0 Å². The molecule has 5 nitrogen and oxygen atoms in total. The van der Waals surface area contributed by atoms with E-state index >= 15 is 0 Å². The van der Waals surface area contributed by atoms with Crippen LogP contribution in [0.2, 0.25) is 5.02 Å². The lowest BCUT2D eigenvalue weighted by Crippen LogP contribution is -2.35. The molecule has 2 aliphatic rings. The maximum Gasteiger partial charge on any atom is 0.245 e. The molecule has 1 saturated heterocycles. The number of hydrogen-bond donors (Lipinski definition) is 2. The molecule has 20 heavy (non-hydrogen) atoms. The Balaban J connectivity index is 1.78. The largest absolute Gasteiger partial charge is 0.489 e. The average Bonchev–Trinajstić information content (AvgIpc) is 2.69. The summed E-state index contributed by atoms with van der Waals surface area (Å²) in [6.07, 6.45) is 2.14. The number of ether oxygens (including phenoxy) is 1. The van der Waals surface area contributed by atoms with Gasteiger partial charge in [-0.05, 0) is 26.0 Å². The molecule has 1 unspecified atom stereocenters. The molecule has 0 radical (unpaired) electrons. The fourth-order valence-corrected chi connectivity index (χ4v) is 2.88. The van der Waals surface area contributed by atoms with Gasteiger partial charge in [0.05, 0.1) is 5.02 Å². The van der Waals surface area contributed by atoms with Gasteiger partial charge in [0.15, 0.2) is 0 Å². The highest BCUT2D eigenvalue weighted by atomic mass is 35.5. The van der Waals surface area contributed by atoms with Crippen molar-refractivity contribution in [3.63, 3.8) is 0 Å². The van der Waals surface area contributed by atoms with Crippen LogP contribution in [0.4, 0.5) is 5.69 Å². The van der Waals surface area contributed by atoms with Gasteiger partial charge in [0.2, 0.25) is 5.91 Å². The van der Waals surface area contributed by atoms with Crippen molar-refractivity contribution in [2.75, 3.05) is 25.5 Å². The van der Waals surface area contributed by atoms with Gasteiger partial charge in [-0.2, -0.15) is 0 Å². The van der Waals surface area contributed by atoms with Crippen molar-refractivity contribution in [2.45, 2.75) is 25.0 Å². The van der Waals surface area contributed by atoms with Gasteiger partial charge in [-0.3, -0.25) is 4.79 Å². The van der Waals surface area contributed by atoms with Crippen molar-refractivity contribution >= 4 is 23.2 Å². The number of piperidine rings is 1. The number of nitrogens with one attached hydrogen (secondary N) is 1. The van der Waals surface area contributed by atoms with E-state index < -0.39 is 6.04 Å². The molecular weight excluding hydrogens is 278 g/mol. The smallest absolute Gasteiger partial charge is 0.245 e. The Morgan fingerprint density at radius 2 is 2.10 bits per heavy atom. The van der Waals surface area contributed by atoms with Crippen LogP contribution < -0.4 is 15.8 Å². The summed E-state index contributed by atoms with van der Waals surface area (Å²) in [7, 11) is 2.11. The van der Waals surface area contributed by atoms with Gasteiger partial charge in [0.1, 0.15) is 17.9 Å². The molecule has 0 spiro atoms. The standard InChI is InChI=1S/C14H18ClN3O2/c1-18-4-2-8(3-5-18)20-12-7-11-9(6-10(12)15)13(16)14(19)17-11/h6-8,13H,2-5,16H2,1H3,(H,17,19). The molecule has 1 fully saturated rings. The summed E-state index contributed by atoms with van der Waals surface area (Å²) in [6, 6.07) is 2.87. The summed E-state index contributed by atoms with van der Waals surface area (Å²) in [5, 5.41) is 3.26. The van der Waals surface area contributed by atoms with E-state index in [-0.39, 0.29) is 12.0 Å². The molecule has 1 atom stereocenters. The van der Waals surface area contributed by atoms with Crippen molar-refractivity contribution < 1.29 is 9.53 Å². The van der Waals surface area contributed by atoms with E-state index in [4.69, 9.17) is 22.1 Å². The molecular formula is C14H18ClN3O2. The minimum absolute atomic E-state index is 0.174. The number of carbonyl (C=O) groups is 1. The zero-order valence-corrected chi connectivity index (χ0v) is 12.1. The number of benzene rings is 1. The van der Waals surface area contributed by atoms with E-state index in [0.29, 0.717) is 16.5 Å². The highest BCUT2D eigenvalue weighted by Crippen LogP contribution is 2.38. The first kappa shape index (κ1) is 13.7. The number of halogens is 1. The van der Waals surface area contributed by atoms with Crippen LogP contribution in [-0.4, -0.2) is 37.0 Å². The molecule has 3 rings (SSSR count). The normalized spacial score (nSPS) is 23.6. The Kier molecular flexibility index (Phi) is 3.58. The summed E-state index contributed by atoms with van der Waals surface area (Å²) in [5.74, 6) is 0.418. The molecule has 3 N–H and O–H groups in total. The zero-order valence-electron chi connectivity index (χ0n) is 11.4. The second kappa shape index (κ2) is 5.24. The quantitative estimate of drug-likeness (QED) is 0.872. The van der Waals surface area contributed by atoms with E-state index in [2.05, 4.69) is 17.3 Å². The number of anilines is 1. The monoisotopic (exact) mass is 295 g/mol. The van der Waals surface area contributed by atoms with Gasteiger partial charge in [-0.1, -0.05) is 11.6 Å². The van der Waals surface area contributed by atoms with Crippen molar-refractivity contribution in [1.82, 2.24) is 4.90 Å². The van der Waals surface area contributed by atoms with E-state index in [0.717, 1.165) is 31.5 Å². The van der Waals surface area contributed by atoms with Crippen LogP contribution in [0.5, 0.6) is 5.75 Å². The van der Waals surface area contributed by atoms with Crippen molar-refractivity contribution in [1.29, 1.82) is 0 Å². The number of nitrogens with two attached hydrogens (primary N) is 1. The zero-order chi connectivity index (χ0) is 14.3. The second-order valence-electron chi connectivity index (χ2n) is 5.46. The van der Waals surface area contributed by atoms with Crippen LogP contribution in [0, 0.1) is 0 Å². The minimum Gasteiger partial charge on any atom is -0.489 e. The fraction of sp³-hybridized carbons (Fsp3) is 0.500. The van der Waals surface area contributed by atoms with Crippen molar-refractivity contribution in [3.8, 4) is 5.75 Å². The SMILES string of the molecule is CN1CCC(Oc2cc3c(cc2Cl)C(N)C(=O)N3)CC1. The van der Waals surface area contributed by atoms with Gasteiger partial charge in [-0.25, -0.2) is 0 Å². The Hall–Kier alpha value is -1.30. The van der Waals surface area contributed by atoms with Gasteiger partial charge in [-0.15, -0.1) is 0 Å². The topological polar surface area (TPSA) is 67.6 Å². The Morgan fingerprint density at radius 1 is 1.40 bits per heavy atom. The number of nitrogens with zero attached hydrogens (tertiary/aromatic N) is 1. The first-order valence-corrected chi connectivity index (χ1v) is 7.17. The minimum atomic E-state index is -0.639. The first-order valence-electron chi connectivity index (χ1n) is 6.79. The van der Waals surface area contributed by atoms with Gasteiger partial charge in [0, 0.05) is 30.4 Å². The number of fused-ring (bicyclic) bond motifs is 1. The van der Waals surface area contributed by atoms with Crippen LogP contribution in [0.25, 0.3) is 0 Å². The lowest BCUT2D eigenvalue weighted by Gasteiger charge is -2.29. The van der Waals surface area contributed by atoms with E-state index in [1.54, 1.807) is 12.1 Å². The first-order chi connectivity index (χ1) is 9.54. The Bertz CT molecular complexity index is 541. The lowest BCUT2D eigenvalue weighted by molar-refractivity contribution is -0.116. The fourth-order valence-electron chi connectivity index (χ4n) is 2.66. The third kappa shape index (κ3) is 2.49. The van der Waals surface area contributed by atoms with Gasteiger partial charge in [0.25, 0.3) is 0 Å². The highest BCUT2D eigenvalue weighted by molar-refractivity contribution is 6.32. The average molecular weight is 296 g/mol. The predicted octanol–water partition coefficient (Wildman–Crippen LogP) is 1.76. The highest BCUT2D eigenvalue weighted by Gasteiger charge is 2.29. The third-order valence-corrected chi connectivity index (χ3v) is 4.23. The maximum absolute atomic E-state index is 11.6. The maximum atomic E-state index is 11.6. The second-order valence-corrected chi connectivity index (χ2v) is 5.86. The van der Waals surface area contributed by atoms with Gasteiger partial charge >= 0.3 is 0 Å². The summed E-state index contributed by atoms with van der Waals surface area (Å²) in [4.78, 5) is 13.8. The Morgan fingerprint density at radius 3 is 2.80 bits per heavy atom. The van der Waals surface area contributed by atoms with Gasteiger partial charge < -0.3 is 20.7 Å². The van der Waals surface area contributed by atoms with Crippen LogP contribution >= 0.6 is 11.6 Å². The predicted molar refractivity (Wildman–Crippen MR) is 78.2 cm³/mol. The third-order valence-electron chi connectivity index (χ3n) is 3.94. The number of amides is 1. The molecule has 1 aromatic rings. The van der Waals surface area contributed by atoms with Crippen molar-refractivity contribution in [3.05, 3.63) is 22.7 Å². The number of likely N-dealkylation sites (tertiary alicyclic amines) is 1. The van der Waals surface area contributed by atoms with E-state index in [9.17, 15) is 4.79 Å². The van der Waals surface area contributed by atoms with Crippen LogP contribution in [0.3, 0.4) is 0 Å². The molecule has 1 amide bonds. The molecule has 2 heterocycles. The molecule has 0 bridgehead atoms. The lowest BCUT2D eigenvalue weighted by atomic mass is 10.1. The molecule has 0 saturated carbocycles. The van der Waals surface area contributed by atoms with Crippen LogP contribution in [0.1, 0.15) is 24.4 Å².